The molecular weight excluding hydrogens is 148 g/mol. The molecule has 1 amide bonds. The highest BCUT2D eigenvalue weighted by atomic mass is 16.4. The first-order valence-electron chi connectivity index (χ1n) is 2.81. The number of amidine groups is 1. The van der Waals surface area contributed by atoms with E-state index in [4.69, 9.17) is 15.3 Å². The zero-order valence-electron chi connectivity index (χ0n) is 5.52. The van der Waals surface area contributed by atoms with Crippen LogP contribution in [0.1, 0.15) is 5.76 Å². The second-order valence-electron chi connectivity index (χ2n) is 1.76. The van der Waals surface area contributed by atoms with E-state index < -0.39 is 6.09 Å². The van der Waals surface area contributed by atoms with Crippen molar-refractivity contribution in [3.63, 3.8) is 0 Å². The predicted molar refractivity (Wildman–Crippen MR) is 37.5 cm³/mol. The Labute approximate surface area is 62.1 Å². The van der Waals surface area contributed by atoms with Gasteiger partial charge in [0.25, 0.3) is 0 Å². The molecule has 0 fully saturated rings. The summed E-state index contributed by atoms with van der Waals surface area (Å²) in [5.74, 6) is 0.120. The zero-order valence-corrected chi connectivity index (χ0v) is 5.52. The molecule has 5 nitrogen and oxygen atoms in total. The highest BCUT2D eigenvalue weighted by Gasteiger charge is 2.02. The van der Waals surface area contributed by atoms with Gasteiger partial charge in [0.1, 0.15) is 0 Å². The van der Waals surface area contributed by atoms with Crippen molar-refractivity contribution in [2.75, 3.05) is 0 Å². The summed E-state index contributed by atoms with van der Waals surface area (Å²) < 4.78 is 4.78. The second-order valence-corrected chi connectivity index (χ2v) is 1.76. The summed E-state index contributed by atoms with van der Waals surface area (Å²) in [6.45, 7) is 0. The second kappa shape index (κ2) is 2.87. The third-order valence-electron chi connectivity index (χ3n) is 0.990. The summed E-state index contributed by atoms with van der Waals surface area (Å²) in [4.78, 5) is 13.0. The lowest BCUT2D eigenvalue weighted by atomic mass is 10.4. The molecule has 58 valence electrons. The van der Waals surface area contributed by atoms with E-state index in [9.17, 15) is 4.79 Å². The Balaban J connectivity index is 2.86. The lowest BCUT2D eigenvalue weighted by Crippen LogP contribution is -2.14. The molecule has 0 saturated carbocycles. The number of hydrogen-bond donors (Lipinski definition) is 2. The van der Waals surface area contributed by atoms with Gasteiger partial charge in [0, 0.05) is 0 Å². The molecule has 0 aliphatic heterocycles. The summed E-state index contributed by atoms with van der Waals surface area (Å²) in [6.07, 6.45) is 0.0541. The van der Waals surface area contributed by atoms with Gasteiger partial charge >= 0.3 is 6.09 Å². The lowest BCUT2D eigenvalue weighted by molar-refractivity contribution is 0.205. The zero-order chi connectivity index (χ0) is 8.27. The molecule has 1 rings (SSSR count). The van der Waals surface area contributed by atoms with Crippen LogP contribution in [0.25, 0.3) is 0 Å². The summed E-state index contributed by atoms with van der Waals surface area (Å²) in [5.41, 5.74) is 5.22. The summed E-state index contributed by atoms with van der Waals surface area (Å²) in [5, 5.41) is 8.17. The molecule has 5 heteroatoms. The van der Waals surface area contributed by atoms with Gasteiger partial charge in [0.05, 0.1) is 6.26 Å². The van der Waals surface area contributed by atoms with Crippen molar-refractivity contribution in [2.45, 2.75) is 0 Å². The van der Waals surface area contributed by atoms with Crippen LogP contribution in [0.5, 0.6) is 0 Å². The fraction of sp³-hybridized carbons (Fsp3) is 0. The van der Waals surface area contributed by atoms with Crippen molar-refractivity contribution in [1.29, 1.82) is 0 Å². The van der Waals surface area contributed by atoms with E-state index in [2.05, 4.69) is 4.99 Å². The van der Waals surface area contributed by atoms with Crippen LogP contribution in [0.4, 0.5) is 4.79 Å². The first-order valence-corrected chi connectivity index (χ1v) is 2.81. The summed E-state index contributed by atoms with van der Waals surface area (Å²) in [7, 11) is 0. The first-order chi connectivity index (χ1) is 5.20. The first kappa shape index (κ1) is 7.33. The van der Waals surface area contributed by atoms with Gasteiger partial charge < -0.3 is 15.3 Å². The number of carboxylic acid groups (broad SMARTS) is 1. The van der Waals surface area contributed by atoms with Crippen LogP contribution in [0.2, 0.25) is 0 Å². The molecule has 0 bridgehead atoms. The van der Waals surface area contributed by atoms with Crippen molar-refractivity contribution in [1.82, 2.24) is 0 Å². The minimum Gasteiger partial charge on any atom is -0.463 e. The van der Waals surface area contributed by atoms with E-state index in [-0.39, 0.29) is 11.6 Å². The normalized spacial score (nSPS) is 11.5. The smallest absolute Gasteiger partial charge is 0.433 e. The molecule has 0 radical (unpaired) electrons. The Morgan fingerprint density at radius 2 is 2.45 bits per heavy atom. The molecule has 0 saturated heterocycles. The highest BCUT2D eigenvalue weighted by Crippen LogP contribution is 1.98. The van der Waals surface area contributed by atoms with E-state index in [1.54, 1.807) is 6.07 Å². The average Bonchev–Trinajstić information content (AvgIpc) is 2.35. The van der Waals surface area contributed by atoms with E-state index in [1.807, 2.05) is 0 Å². The van der Waals surface area contributed by atoms with Crippen molar-refractivity contribution in [3.8, 4) is 0 Å². The van der Waals surface area contributed by atoms with Gasteiger partial charge in [0.15, 0.2) is 11.6 Å². The lowest BCUT2D eigenvalue weighted by Gasteiger charge is -1.90. The Morgan fingerprint density at radius 3 is 2.91 bits per heavy atom. The van der Waals surface area contributed by atoms with Crippen LogP contribution in [0, 0.1) is 0 Å². The highest BCUT2D eigenvalue weighted by molar-refractivity contribution is 6.00. The Kier molecular flexibility index (Phi) is 1.91. The fourth-order valence-electron chi connectivity index (χ4n) is 0.582. The molecule has 0 aliphatic rings. The van der Waals surface area contributed by atoms with E-state index in [0.717, 1.165) is 0 Å². The fourth-order valence-corrected chi connectivity index (χ4v) is 0.582. The average molecular weight is 154 g/mol. The van der Waals surface area contributed by atoms with Gasteiger partial charge in [-0.05, 0) is 12.1 Å². The summed E-state index contributed by atoms with van der Waals surface area (Å²) in [6, 6.07) is 3.13. The van der Waals surface area contributed by atoms with Crippen molar-refractivity contribution in [2.24, 2.45) is 10.7 Å². The van der Waals surface area contributed by atoms with E-state index in [0.29, 0.717) is 0 Å². The maximum atomic E-state index is 10.00. The van der Waals surface area contributed by atoms with Crippen molar-refractivity contribution >= 4 is 11.9 Å². The van der Waals surface area contributed by atoms with Gasteiger partial charge in [-0.15, -0.1) is 0 Å². The molecule has 1 aromatic rings. The van der Waals surface area contributed by atoms with Gasteiger partial charge in [-0.3, -0.25) is 0 Å². The third kappa shape index (κ3) is 1.82. The molecule has 0 unspecified atom stereocenters. The molecule has 0 aromatic carbocycles. The van der Waals surface area contributed by atoms with E-state index >= 15 is 0 Å². The predicted octanol–water partition coefficient (Wildman–Crippen LogP) is 0.663. The van der Waals surface area contributed by atoms with E-state index in [1.165, 1.54) is 12.3 Å². The van der Waals surface area contributed by atoms with Crippen LogP contribution in [0.3, 0.4) is 0 Å². The number of amides is 1. The number of nitrogens with zero attached hydrogens (tertiary/aromatic N) is 1. The van der Waals surface area contributed by atoms with Crippen LogP contribution >= 0.6 is 0 Å². The number of furan rings is 1. The number of carbonyl (C=O) groups is 1. The number of nitrogens with two attached hydrogens (primary N) is 1. The molecule has 0 aliphatic carbocycles. The Morgan fingerprint density at radius 1 is 1.73 bits per heavy atom. The molecule has 0 atom stereocenters. The molecule has 1 heterocycles. The summed E-state index contributed by atoms with van der Waals surface area (Å²) >= 11 is 0. The Bertz CT molecular complexity index is 276. The van der Waals surface area contributed by atoms with Crippen LogP contribution < -0.4 is 5.73 Å². The number of aliphatic imine (C=N–C) groups is 1. The van der Waals surface area contributed by atoms with Gasteiger partial charge in [0.2, 0.25) is 0 Å². The van der Waals surface area contributed by atoms with Gasteiger partial charge in [-0.1, -0.05) is 0 Å². The standard InChI is InChI=1S/C6H6N2O3/c7-5(8-6(9)10)4-2-1-3-11-4/h1-3H,(H2,7,8)(H,9,10). The van der Waals surface area contributed by atoms with Crippen LogP contribution in [-0.2, 0) is 0 Å². The maximum absolute atomic E-state index is 10.00. The van der Waals surface area contributed by atoms with Gasteiger partial charge in [-0.25, -0.2) is 4.79 Å². The minimum atomic E-state index is -1.33. The van der Waals surface area contributed by atoms with Crippen LogP contribution in [0.15, 0.2) is 27.8 Å². The molecule has 1 aromatic heterocycles. The monoisotopic (exact) mass is 154 g/mol. The van der Waals surface area contributed by atoms with Crippen molar-refractivity contribution < 1.29 is 14.3 Å². The molecule has 11 heavy (non-hydrogen) atoms. The molecule has 3 N–H and O–H groups in total. The molecule has 0 spiro atoms. The van der Waals surface area contributed by atoms with Crippen molar-refractivity contribution in [3.05, 3.63) is 24.2 Å². The molecular formula is C6H6N2O3. The number of rotatable bonds is 1. The topological polar surface area (TPSA) is 88.8 Å². The third-order valence-corrected chi connectivity index (χ3v) is 0.990. The number of hydrogen-bond acceptors (Lipinski definition) is 2. The quantitative estimate of drug-likeness (QED) is 0.459. The minimum absolute atomic E-state index is 0.137. The SMILES string of the molecule is NC(=NC(=O)O)c1ccco1. The largest absolute Gasteiger partial charge is 0.463 e. The van der Waals surface area contributed by atoms with Gasteiger partial charge in [-0.2, -0.15) is 4.99 Å². The maximum Gasteiger partial charge on any atom is 0.433 e. The van der Waals surface area contributed by atoms with Crippen LogP contribution in [-0.4, -0.2) is 17.0 Å². The Hall–Kier alpha value is -1.78.